The molecule has 2 aromatic rings. The third kappa shape index (κ3) is 4.66. The monoisotopic (exact) mass is 394 g/mol. The van der Waals surface area contributed by atoms with Gasteiger partial charge in [0.2, 0.25) is 0 Å². The lowest BCUT2D eigenvalue weighted by Crippen LogP contribution is -3.09. The van der Waals surface area contributed by atoms with Crippen molar-refractivity contribution in [2.45, 2.75) is 26.4 Å². The Morgan fingerprint density at radius 2 is 1.76 bits per heavy atom. The van der Waals surface area contributed by atoms with Gasteiger partial charge in [0.05, 0.1) is 7.05 Å². The summed E-state index contributed by atoms with van der Waals surface area (Å²) >= 11 is 0. The highest BCUT2D eigenvalue weighted by Crippen LogP contribution is 2.25. The van der Waals surface area contributed by atoms with Crippen molar-refractivity contribution in [2.24, 2.45) is 0 Å². The van der Waals surface area contributed by atoms with Crippen LogP contribution >= 0.6 is 0 Å². The molecule has 152 valence electrons. The third-order valence-electron chi connectivity index (χ3n) is 4.98. The van der Waals surface area contributed by atoms with Crippen molar-refractivity contribution in [2.75, 3.05) is 25.2 Å². The van der Waals surface area contributed by atoms with Crippen LogP contribution in [0.25, 0.3) is 0 Å². The zero-order chi connectivity index (χ0) is 21.0. The molecular formula is C23H28N3O3+. The fraction of sp³-hybridized carbons (Fsp3) is 0.304. The molecule has 0 bridgehead atoms. The lowest BCUT2D eigenvalue weighted by Gasteiger charge is -2.21. The van der Waals surface area contributed by atoms with Gasteiger partial charge >= 0.3 is 6.03 Å². The summed E-state index contributed by atoms with van der Waals surface area (Å²) in [4.78, 5) is 29.6. The van der Waals surface area contributed by atoms with Crippen molar-refractivity contribution in [3.63, 3.8) is 0 Å². The third-order valence-corrected chi connectivity index (χ3v) is 4.98. The summed E-state index contributed by atoms with van der Waals surface area (Å²) in [6.45, 7) is 8.89. The lowest BCUT2D eigenvalue weighted by atomic mass is 10.2. The van der Waals surface area contributed by atoms with Gasteiger partial charge in [-0.15, -0.1) is 0 Å². The van der Waals surface area contributed by atoms with Crippen LogP contribution in [0.2, 0.25) is 0 Å². The number of aryl methyl sites for hydroxylation is 1. The first-order valence-corrected chi connectivity index (χ1v) is 9.76. The molecule has 2 atom stereocenters. The number of carbonyl (C=O) groups excluding carboxylic acids is 2. The second-order valence-electron chi connectivity index (χ2n) is 7.47. The zero-order valence-corrected chi connectivity index (χ0v) is 17.2. The van der Waals surface area contributed by atoms with E-state index < -0.39 is 6.04 Å². The maximum atomic E-state index is 12.9. The summed E-state index contributed by atoms with van der Waals surface area (Å²) in [6, 6.07) is 14.7. The predicted molar refractivity (Wildman–Crippen MR) is 113 cm³/mol. The Bertz CT molecular complexity index is 877. The van der Waals surface area contributed by atoms with E-state index >= 15 is 0 Å². The lowest BCUT2D eigenvalue weighted by molar-refractivity contribution is -0.901. The van der Waals surface area contributed by atoms with Crippen LogP contribution in [0.15, 0.2) is 61.2 Å². The molecule has 1 saturated heterocycles. The quantitative estimate of drug-likeness (QED) is 0.553. The number of nitrogens with zero attached hydrogens (tertiary/aromatic N) is 2. The molecule has 0 saturated carbocycles. The van der Waals surface area contributed by atoms with Gasteiger partial charge in [-0.1, -0.05) is 30.4 Å². The van der Waals surface area contributed by atoms with Crippen LogP contribution in [0.5, 0.6) is 5.75 Å². The Morgan fingerprint density at radius 3 is 2.38 bits per heavy atom. The van der Waals surface area contributed by atoms with E-state index in [-0.39, 0.29) is 11.9 Å². The van der Waals surface area contributed by atoms with Gasteiger partial charge in [-0.25, -0.2) is 9.69 Å². The summed E-state index contributed by atoms with van der Waals surface area (Å²) < 4.78 is 5.50. The minimum absolute atomic E-state index is 0.164. The Hall–Kier alpha value is -3.12. The molecule has 1 unspecified atom stereocenters. The van der Waals surface area contributed by atoms with Crippen molar-refractivity contribution in [1.29, 1.82) is 0 Å². The van der Waals surface area contributed by atoms with Crippen LogP contribution in [-0.4, -0.2) is 43.2 Å². The summed E-state index contributed by atoms with van der Waals surface area (Å²) in [5.74, 6) is 0.627. The number of anilines is 1. The van der Waals surface area contributed by atoms with Crippen LogP contribution in [-0.2, 0) is 11.3 Å². The molecule has 1 fully saturated rings. The second kappa shape index (κ2) is 8.92. The Labute approximate surface area is 172 Å². The van der Waals surface area contributed by atoms with Crippen molar-refractivity contribution in [3.05, 3.63) is 72.3 Å². The SMILES string of the molecule is C=CCOc1ccc(C[NH+](C)CN2C(=O)[C@@H](C)N(c3ccc(C)cc3)C2=O)cc1. The molecule has 0 aliphatic carbocycles. The number of nitrogens with one attached hydrogen (secondary N) is 1. The normalized spacial score (nSPS) is 17.6. The molecule has 2 aromatic carbocycles. The van der Waals surface area contributed by atoms with Gasteiger partial charge < -0.3 is 9.64 Å². The summed E-state index contributed by atoms with van der Waals surface area (Å²) in [6.07, 6.45) is 1.71. The molecule has 1 N–H and O–H groups in total. The smallest absolute Gasteiger partial charge is 0.336 e. The summed E-state index contributed by atoms with van der Waals surface area (Å²) in [5, 5.41) is 0. The summed E-state index contributed by atoms with van der Waals surface area (Å²) in [7, 11) is 1.97. The Morgan fingerprint density at radius 1 is 1.10 bits per heavy atom. The molecule has 1 aliphatic rings. The molecule has 0 spiro atoms. The van der Waals surface area contributed by atoms with Gasteiger partial charge in [-0.2, -0.15) is 0 Å². The van der Waals surface area contributed by atoms with Crippen molar-refractivity contribution in [1.82, 2.24) is 4.90 Å². The first-order valence-electron chi connectivity index (χ1n) is 9.76. The zero-order valence-electron chi connectivity index (χ0n) is 17.2. The van der Waals surface area contributed by atoms with E-state index in [2.05, 4.69) is 6.58 Å². The standard InChI is InChI=1S/C23H27N3O3/c1-5-14-29-21-12-8-19(9-13-21)15-24(4)16-25-22(27)18(3)26(23(25)28)20-10-6-17(2)7-11-20/h5-13,18H,1,14-16H2,2-4H3/p+1/t18-/m1/s1. The first-order chi connectivity index (χ1) is 13.9. The average molecular weight is 394 g/mol. The van der Waals surface area contributed by atoms with Crippen molar-refractivity contribution >= 4 is 17.6 Å². The van der Waals surface area contributed by atoms with Crippen molar-refractivity contribution < 1.29 is 19.2 Å². The number of hydrogen-bond acceptors (Lipinski definition) is 3. The Balaban J connectivity index is 1.64. The van der Waals surface area contributed by atoms with Crippen LogP contribution in [0, 0.1) is 6.92 Å². The highest BCUT2D eigenvalue weighted by atomic mass is 16.5. The number of hydrogen-bond donors (Lipinski definition) is 1. The highest BCUT2D eigenvalue weighted by molar-refractivity contribution is 6.13. The maximum absolute atomic E-state index is 12.9. The topological polar surface area (TPSA) is 54.3 Å². The van der Waals surface area contributed by atoms with E-state index in [0.717, 1.165) is 27.5 Å². The van der Waals surface area contributed by atoms with Crippen LogP contribution < -0.4 is 14.5 Å². The minimum Gasteiger partial charge on any atom is -0.490 e. The highest BCUT2D eigenvalue weighted by Gasteiger charge is 2.44. The molecular weight excluding hydrogens is 366 g/mol. The molecule has 29 heavy (non-hydrogen) atoms. The van der Waals surface area contributed by atoms with Crippen LogP contribution in [0.1, 0.15) is 18.1 Å². The number of urea groups is 1. The molecule has 1 aliphatic heterocycles. The summed E-state index contributed by atoms with van der Waals surface area (Å²) in [5.41, 5.74) is 2.97. The second-order valence-corrected chi connectivity index (χ2v) is 7.47. The molecule has 6 heteroatoms. The van der Waals surface area contributed by atoms with E-state index in [1.807, 2.05) is 62.5 Å². The number of carbonyl (C=O) groups is 2. The molecule has 3 rings (SSSR count). The van der Waals surface area contributed by atoms with Gasteiger partial charge in [0.25, 0.3) is 5.91 Å². The number of benzene rings is 2. The number of imide groups is 1. The van der Waals surface area contributed by atoms with Crippen molar-refractivity contribution in [3.8, 4) is 5.75 Å². The van der Waals surface area contributed by atoms with Crippen LogP contribution in [0.3, 0.4) is 0 Å². The minimum atomic E-state index is -0.501. The first kappa shape index (κ1) is 20.6. The van der Waals surface area contributed by atoms with Gasteiger partial charge in [0, 0.05) is 11.3 Å². The van der Waals surface area contributed by atoms with Gasteiger partial charge in [0.1, 0.15) is 24.9 Å². The molecule has 1 heterocycles. The van der Waals surface area contributed by atoms with E-state index in [1.165, 1.54) is 4.90 Å². The molecule has 0 aromatic heterocycles. The maximum Gasteiger partial charge on any atom is 0.336 e. The molecule has 6 nitrogen and oxygen atoms in total. The fourth-order valence-corrected chi connectivity index (χ4v) is 3.44. The van der Waals surface area contributed by atoms with Gasteiger partial charge in [0.15, 0.2) is 6.67 Å². The molecule has 0 radical (unpaired) electrons. The van der Waals surface area contributed by atoms with E-state index in [9.17, 15) is 9.59 Å². The number of quaternary nitrogens is 1. The van der Waals surface area contributed by atoms with E-state index in [0.29, 0.717) is 19.8 Å². The largest absolute Gasteiger partial charge is 0.490 e. The Kier molecular flexibility index (Phi) is 6.34. The number of amides is 3. The van der Waals surface area contributed by atoms with E-state index in [4.69, 9.17) is 4.74 Å². The predicted octanol–water partition coefficient (Wildman–Crippen LogP) is 2.39. The van der Waals surface area contributed by atoms with Crippen LogP contribution in [0.4, 0.5) is 10.5 Å². The van der Waals surface area contributed by atoms with Gasteiger partial charge in [-0.3, -0.25) is 9.69 Å². The molecule has 3 amide bonds. The van der Waals surface area contributed by atoms with E-state index in [1.54, 1.807) is 17.9 Å². The fourth-order valence-electron chi connectivity index (χ4n) is 3.44. The van der Waals surface area contributed by atoms with Gasteiger partial charge in [-0.05, 0) is 50.2 Å². The number of ether oxygens (including phenoxy) is 1. The average Bonchev–Trinajstić information content (AvgIpc) is 2.91. The number of rotatable bonds is 8.